The van der Waals surface area contributed by atoms with Crippen molar-refractivity contribution in [2.24, 2.45) is 5.92 Å². The average Bonchev–Trinajstić information content (AvgIpc) is 3.35. The predicted octanol–water partition coefficient (Wildman–Crippen LogP) is 5.02. The van der Waals surface area contributed by atoms with Gasteiger partial charge in [-0.3, -0.25) is 14.4 Å². The van der Waals surface area contributed by atoms with Crippen LogP contribution in [0.2, 0.25) is 5.02 Å². The number of methoxy groups -OCH3 is 1. The van der Waals surface area contributed by atoms with Gasteiger partial charge >= 0.3 is 11.9 Å². The van der Waals surface area contributed by atoms with Crippen molar-refractivity contribution in [3.05, 3.63) is 22.0 Å². The fourth-order valence-corrected chi connectivity index (χ4v) is 5.71. The second-order valence-electron chi connectivity index (χ2n) is 11.4. The van der Waals surface area contributed by atoms with Crippen LogP contribution in [-0.2, 0) is 32.0 Å². The van der Waals surface area contributed by atoms with Gasteiger partial charge in [0.25, 0.3) is 11.7 Å². The summed E-state index contributed by atoms with van der Waals surface area (Å²) in [6, 6.07) is 0. The topological polar surface area (TPSA) is 104 Å². The quantitative estimate of drug-likeness (QED) is 0.211. The molecule has 0 spiro atoms. The minimum absolute atomic E-state index is 0.00283. The summed E-state index contributed by atoms with van der Waals surface area (Å²) in [4.78, 5) is 50.2. The van der Waals surface area contributed by atoms with Gasteiger partial charge in [-0.15, -0.1) is 0 Å². The molecule has 0 unspecified atom stereocenters. The Kier molecular flexibility index (Phi) is 8.91. The number of rotatable bonds is 9. The van der Waals surface area contributed by atoms with Crippen molar-refractivity contribution >= 4 is 35.2 Å². The van der Waals surface area contributed by atoms with E-state index < -0.39 is 28.8 Å². The van der Waals surface area contributed by atoms with Crippen LogP contribution in [0, 0.1) is 5.92 Å². The van der Waals surface area contributed by atoms with Crippen LogP contribution in [-0.4, -0.2) is 46.4 Å². The highest BCUT2D eigenvalue weighted by Crippen LogP contribution is 2.36. The molecule has 8 nitrogen and oxygen atoms in total. The first-order chi connectivity index (χ1) is 16.8. The molecule has 9 heteroatoms. The largest absolute Gasteiger partial charge is 0.465 e. The second-order valence-corrected chi connectivity index (χ2v) is 11.7. The molecule has 1 N–H and O–H groups in total. The van der Waals surface area contributed by atoms with Crippen LogP contribution in [0.15, 0.2) is 0 Å². The second kappa shape index (κ2) is 11.4. The van der Waals surface area contributed by atoms with Gasteiger partial charge in [0.15, 0.2) is 0 Å². The molecule has 1 aromatic heterocycles. The summed E-state index contributed by atoms with van der Waals surface area (Å²) in [6.07, 6.45) is 8.07. The summed E-state index contributed by atoms with van der Waals surface area (Å²) < 4.78 is 11.9. The van der Waals surface area contributed by atoms with Gasteiger partial charge in [-0.1, -0.05) is 24.4 Å². The molecule has 36 heavy (non-hydrogen) atoms. The lowest BCUT2D eigenvalue weighted by Crippen LogP contribution is -2.50. The van der Waals surface area contributed by atoms with Crippen LogP contribution in [0.25, 0.3) is 0 Å². The number of nitrogens with zero attached hydrogens (tertiary/aromatic N) is 1. The number of nitrogens with one attached hydrogen (secondary N) is 1. The van der Waals surface area contributed by atoms with Crippen molar-refractivity contribution in [3.8, 4) is 0 Å². The van der Waals surface area contributed by atoms with E-state index >= 15 is 0 Å². The highest BCUT2D eigenvalue weighted by Gasteiger charge is 2.38. The first-order valence-corrected chi connectivity index (χ1v) is 13.3. The molecule has 1 saturated carbocycles. The minimum Gasteiger partial charge on any atom is -0.465 e. The Morgan fingerprint density at radius 3 is 2.42 bits per heavy atom. The van der Waals surface area contributed by atoms with Gasteiger partial charge in [-0.25, -0.2) is 4.79 Å². The molecule has 0 atom stereocenters. The highest BCUT2D eigenvalue weighted by molar-refractivity contribution is 6.47. The van der Waals surface area contributed by atoms with Gasteiger partial charge in [0.2, 0.25) is 0 Å². The number of Topliss-reactive ketones (excluding diaryl/α,β-unsaturated/α-hetero) is 1. The third-order valence-electron chi connectivity index (χ3n) is 7.21. The standard InChI is InChI=1S/C27H39ClN2O6/c1-26(2,3)36-19(31)11-7-6-9-17-12-14-27(4,15-13-17)29-24(33)23(32)22-21(28)20(25(34)35-5)18-10-8-16-30(18)22/h17H,6-16H2,1-5H3,(H,29,33). The lowest BCUT2D eigenvalue weighted by Gasteiger charge is -2.38. The zero-order valence-corrected chi connectivity index (χ0v) is 22.9. The van der Waals surface area contributed by atoms with E-state index in [0.29, 0.717) is 31.0 Å². The van der Waals surface area contributed by atoms with Crippen molar-refractivity contribution in [2.45, 2.75) is 110 Å². The fourth-order valence-electron chi connectivity index (χ4n) is 5.34. The minimum atomic E-state index is -0.719. The summed E-state index contributed by atoms with van der Waals surface area (Å²) >= 11 is 6.42. The summed E-state index contributed by atoms with van der Waals surface area (Å²) in [7, 11) is 1.27. The number of aromatic nitrogens is 1. The number of halogens is 1. The molecule has 200 valence electrons. The number of amides is 1. The molecule has 3 rings (SSSR count). The SMILES string of the molecule is COC(=O)c1c(Cl)c(C(=O)C(=O)NC2(C)CCC(CCCCC(=O)OC(C)(C)C)CC2)n2c1CCC2. The van der Waals surface area contributed by atoms with Crippen molar-refractivity contribution in [2.75, 3.05) is 7.11 Å². The Hall–Kier alpha value is -2.35. The molecular formula is C27H39ClN2O6. The van der Waals surface area contributed by atoms with Crippen LogP contribution in [0.5, 0.6) is 0 Å². The van der Waals surface area contributed by atoms with E-state index in [0.717, 1.165) is 51.4 Å². The Morgan fingerprint density at radius 2 is 1.81 bits per heavy atom. The van der Waals surface area contributed by atoms with Crippen molar-refractivity contribution < 1.29 is 28.7 Å². The van der Waals surface area contributed by atoms with E-state index in [1.54, 1.807) is 4.57 Å². The molecule has 1 aliphatic carbocycles. The first-order valence-electron chi connectivity index (χ1n) is 12.9. The van der Waals surface area contributed by atoms with E-state index in [1.807, 2.05) is 27.7 Å². The van der Waals surface area contributed by atoms with Gasteiger partial charge in [-0.2, -0.15) is 0 Å². The Balaban J connectivity index is 1.51. The smallest absolute Gasteiger partial charge is 0.341 e. The number of esters is 2. The van der Waals surface area contributed by atoms with Crippen LogP contribution < -0.4 is 5.32 Å². The maximum atomic E-state index is 13.1. The van der Waals surface area contributed by atoms with Crippen LogP contribution >= 0.6 is 11.6 Å². The molecule has 0 radical (unpaired) electrons. The fraction of sp³-hybridized carbons (Fsp3) is 0.704. The third kappa shape index (κ3) is 6.69. The Bertz CT molecular complexity index is 1010. The van der Waals surface area contributed by atoms with Crippen LogP contribution in [0.1, 0.15) is 112 Å². The third-order valence-corrected chi connectivity index (χ3v) is 7.57. The van der Waals surface area contributed by atoms with E-state index in [9.17, 15) is 19.2 Å². The number of ketones is 1. The van der Waals surface area contributed by atoms with Crippen LogP contribution in [0.4, 0.5) is 0 Å². The average molecular weight is 523 g/mol. The zero-order chi connectivity index (χ0) is 26.7. The van der Waals surface area contributed by atoms with Crippen molar-refractivity contribution in [3.63, 3.8) is 0 Å². The van der Waals surface area contributed by atoms with E-state index in [4.69, 9.17) is 21.1 Å². The number of hydrogen-bond donors (Lipinski definition) is 1. The maximum absolute atomic E-state index is 13.1. The van der Waals surface area contributed by atoms with Crippen molar-refractivity contribution in [1.82, 2.24) is 9.88 Å². The van der Waals surface area contributed by atoms with Gasteiger partial charge in [0, 0.05) is 24.2 Å². The summed E-state index contributed by atoms with van der Waals surface area (Å²) in [5, 5.41) is 2.95. The molecule has 1 amide bonds. The molecule has 0 aromatic carbocycles. The number of carbonyl (C=O) groups is 4. The van der Waals surface area contributed by atoms with Gasteiger partial charge in [0.05, 0.1) is 17.7 Å². The predicted molar refractivity (Wildman–Crippen MR) is 136 cm³/mol. The Morgan fingerprint density at radius 1 is 1.14 bits per heavy atom. The molecule has 0 bridgehead atoms. The maximum Gasteiger partial charge on any atom is 0.341 e. The number of unbranched alkanes of at least 4 members (excludes halogenated alkanes) is 1. The number of hydrogen-bond acceptors (Lipinski definition) is 6. The van der Waals surface area contributed by atoms with Gasteiger partial charge < -0.3 is 19.4 Å². The molecule has 1 aromatic rings. The number of fused-ring (bicyclic) bond motifs is 1. The van der Waals surface area contributed by atoms with E-state index in [2.05, 4.69) is 5.32 Å². The molecular weight excluding hydrogens is 484 g/mol. The zero-order valence-electron chi connectivity index (χ0n) is 22.1. The lowest BCUT2D eigenvalue weighted by molar-refractivity contribution is -0.154. The molecule has 1 aliphatic heterocycles. The molecule has 2 aliphatic rings. The number of ether oxygens (including phenoxy) is 2. The van der Waals surface area contributed by atoms with Gasteiger partial charge in [-0.05, 0) is 78.6 Å². The summed E-state index contributed by atoms with van der Waals surface area (Å²) in [5.74, 6) is -1.63. The first kappa shape index (κ1) is 28.2. The summed E-state index contributed by atoms with van der Waals surface area (Å²) in [5.41, 5.74) is -0.0116. The van der Waals surface area contributed by atoms with Crippen molar-refractivity contribution in [1.29, 1.82) is 0 Å². The lowest BCUT2D eigenvalue weighted by atomic mass is 9.76. The Labute approximate surface area is 218 Å². The van der Waals surface area contributed by atoms with Crippen LogP contribution in [0.3, 0.4) is 0 Å². The normalized spacial score (nSPS) is 21.6. The summed E-state index contributed by atoms with van der Waals surface area (Å²) in [6.45, 7) is 8.12. The molecule has 2 heterocycles. The highest BCUT2D eigenvalue weighted by atomic mass is 35.5. The number of carbonyl (C=O) groups excluding carboxylic acids is 4. The van der Waals surface area contributed by atoms with E-state index in [-0.39, 0.29) is 22.2 Å². The van der Waals surface area contributed by atoms with Gasteiger partial charge in [0.1, 0.15) is 11.3 Å². The molecule has 0 saturated heterocycles. The van der Waals surface area contributed by atoms with E-state index in [1.165, 1.54) is 7.11 Å². The molecule has 1 fully saturated rings. The monoisotopic (exact) mass is 522 g/mol.